The molecule has 1 amide bonds. The Labute approximate surface area is 178 Å². The zero-order valence-corrected chi connectivity index (χ0v) is 18.0. The lowest BCUT2D eigenvalue weighted by Gasteiger charge is -2.45. The van der Waals surface area contributed by atoms with Crippen LogP contribution in [0.4, 0.5) is 0 Å². The Bertz CT molecular complexity index is 713. The Morgan fingerprint density at radius 1 is 1.17 bits per heavy atom. The van der Waals surface area contributed by atoms with Gasteiger partial charge in [-0.3, -0.25) is 4.79 Å². The van der Waals surface area contributed by atoms with Crippen molar-refractivity contribution < 1.29 is 23.7 Å². The minimum absolute atomic E-state index is 0. The predicted octanol–water partition coefficient (Wildman–Crippen LogP) is 1.75. The van der Waals surface area contributed by atoms with Crippen LogP contribution >= 0.6 is 12.4 Å². The number of likely N-dealkylation sites (tertiary alicyclic amines) is 1. The molecular formula is C21H31ClN2O5. The van der Waals surface area contributed by atoms with Crippen molar-refractivity contribution in [2.45, 2.75) is 24.9 Å². The number of benzene rings is 1. The SMILES string of the molecule is COc1cc2c(cc1OC)C1(CCN(C(=O)C3CNCCOC3)CC1)OCC2.Cl. The van der Waals surface area contributed by atoms with Crippen LogP contribution in [0, 0.1) is 5.92 Å². The molecule has 2 saturated heterocycles. The molecule has 1 aromatic carbocycles. The number of hydrogen-bond donors (Lipinski definition) is 1. The molecule has 1 atom stereocenters. The van der Waals surface area contributed by atoms with E-state index in [0.717, 1.165) is 37.3 Å². The van der Waals surface area contributed by atoms with E-state index >= 15 is 0 Å². The third-order valence-electron chi connectivity index (χ3n) is 6.21. The number of nitrogens with one attached hydrogen (secondary N) is 1. The van der Waals surface area contributed by atoms with Crippen LogP contribution < -0.4 is 14.8 Å². The number of halogens is 1. The molecule has 3 aliphatic heterocycles. The Morgan fingerprint density at radius 2 is 1.90 bits per heavy atom. The first-order valence-corrected chi connectivity index (χ1v) is 10.1. The van der Waals surface area contributed by atoms with Gasteiger partial charge in [-0.25, -0.2) is 0 Å². The van der Waals surface area contributed by atoms with Crippen LogP contribution in [0.3, 0.4) is 0 Å². The van der Waals surface area contributed by atoms with Crippen molar-refractivity contribution in [1.82, 2.24) is 10.2 Å². The lowest BCUT2D eigenvalue weighted by atomic mass is 9.79. The van der Waals surface area contributed by atoms with Crippen LogP contribution in [0.5, 0.6) is 11.5 Å². The normalized spacial score (nSPS) is 23.5. The molecule has 0 saturated carbocycles. The van der Waals surface area contributed by atoms with Crippen molar-refractivity contribution in [1.29, 1.82) is 0 Å². The number of fused-ring (bicyclic) bond motifs is 2. The Balaban J connectivity index is 0.00000240. The second-order valence-corrected chi connectivity index (χ2v) is 7.76. The van der Waals surface area contributed by atoms with Crippen molar-refractivity contribution in [3.8, 4) is 11.5 Å². The van der Waals surface area contributed by atoms with Gasteiger partial charge in [-0.15, -0.1) is 12.4 Å². The number of hydrogen-bond acceptors (Lipinski definition) is 6. The summed E-state index contributed by atoms with van der Waals surface area (Å²) in [5.74, 6) is 1.58. The van der Waals surface area contributed by atoms with Crippen LogP contribution in [0.15, 0.2) is 12.1 Å². The van der Waals surface area contributed by atoms with Gasteiger partial charge in [0.25, 0.3) is 0 Å². The molecule has 7 nitrogen and oxygen atoms in total. The van der Waals surface area contributed by atoms with Crippen LogP contribution in [0.25, 0.3) is 0 Å². The molecule has 1 spiro atoms. The van der Waals surface area contributed by atoms with E-state index < -0.39 is 0 Å². The van der Waals surface area contributed by atoms with Gasteiger partial charge in [0.2, 0.25) is 5.91 Å². The zero-order chi connectivity index (χ0) is 19.6. The molecule has 162 valence electrons. The summed E-state index contributed by atoms with van der Waals surface area (Å²) >= 11 is 0. The Morgan fingerprint density at radius 3 is 2.62 bits per heavy atom. The molecule has 0 bridgehead atoms. The summed E-state index contributed by atoms with van der Waals surface area (Å²) in [5.41, 5.74) is 2.09. The summed E-state index contributed by atoms with van der Waals surface area (Å²) in [4.78, 5) is 14.9. The molecule has 8 heteroatoms. The monoisotopic (exact) mass is 426 g/mol. The van der Waals surface area contributed by atoms with Gasteiger partial charge in [0, 0.05) is 26.2 Å². The highest BCUT2D eigenvalue weighted by atomic mass is 35.5. The van der Waals surface area contributed by atoms with Gasteiger partial charge in [0.1, 0.15) is 0 Å². The second-order valence-electron chi connectivity index (χ2n) is 7.76. The van der Waals surface area contributed by atoms with Crippen molar-refractivity contribution >= 4 is 18.3 Å². The fraction of sp³-hybridized carbons (Fsp3) is 0.667. The largest absolute Gasteiger partial charge is 0.493 e. The fourth-order valence-corrected chi connectivity index (χ4v) is 4.61. The summed E-state index contributed by atoms with van der Waals surface area (Å²) in [5, 5.41) is 3.29. The molecule has 3 heterocycles. The van der Waals surface area contributed by atoms with E-state index in [9.17, 15) is 4.79 Å². The van der Waals surface area contributed by atoms with E-state index in [1.54, 1.807) is 14.2 Å². The van der Waals surface area contributed by atoms with Crippen LogP contribution in [-0.4, -0.2) is 71.0 Å². The minimum atomic E-state index is -0.345. The van der Waals surface area contributed by atoms with Crippen LogP contribution in [-0.2, 0) is 26.3 Å². The molecule has 4 rings (SSSR count). The first kappa shape index (κ1) is 22.2. The highest BCUT2D eigenvalue weighted by Gasteiger charge is 2.43. The summed E-state index contributed by atoms with van der Waals surface area (Å²) in [6.45, 7) is 4.76. The molecule has 2 fully saturated rings. The summed E-state index contributed by atoms with van der Waals surface area (Å²) in [6.07, 6.45) is 2.45. The predicted molar refractivity (Wildman–Crippen MR) is 111 cm³/mol. The maximum Gasteiger partial charge on any atom is 0.229 e. The molecule has 1 unspecified atom stereocenters. The molecule has 0 aromatic heterocycles. The zero-order valence-electron chi connectivity index (χ0n) is 17.2. The Hall–Kier alpha value is -1.54. The fourth-order valence-electron chi connectivity index (χ4n) is 4.61. The average molecular weight is 427 g/mol. The minimum Gasteiger partial charge on any atom is -0.493 e. The summed E-state index contributed by atoms with van der Waals surface area (Å²) in [7, 11) is 3.32. The molecular weight excluding hydrogens is 396 g/mol. The third-order valence-corrected chi connectivity index (χ3v) is 6.21. The van der Waals surface area contributed by atoms with Crippen LogP contribution in [0.1, 0.15) is 24.0 Å². The number of nitrogens with zero attached hydrogens (tertiary/aromatic N) is 1. The molecule has 0 radical (unpaired) electrons. The molecule has 1 N–H and O–H groups in total. The van der Waals surface area contributed by atoms with Crippen molar-refractivity contribution in [2.24, 2.45) is 5.92 Å². The molecule has 1 aromatic rings. The van der Waals surface area contributed by atoms with E-state index in [2.05, 4.69) is 17.4 Å². The van der Waals surface area contributed by atoms with Crippen molar-refractivity contribution in [3.63, 3.8) is 0 Å². The van der Waals surface area contributed by atoms with Gasteiger partial charge < -0.3 is 29.2 Å². The average Bonchev–Trinajstić information content (AvgIpc) is 3.03. The van der Waals surface area contributed by atoms with E-state index in [4.69, 9.17) is 18.9 Å². The topological polar surface area (TPSA) is 69.3 Å². The number of carbonyl (C=O) groups excluding carboxylic acids is 1. The number of rotatable bonds is 3. The lowest BCUT2D eigenvalue weighted by molar-refractivity contribution is -0.146. The van der Waals surface area contributed by atoms with Gasteiger partial charge in [0.15, 0.2) is 11.5 Å². The first-order valence-electron chi connectivity index (χ1n) is 10.1. The smallest absolute Gasteiger partial charge is 0.229 e. The quantitative estimate of drug-likeness (QED) is 0.794. The number of methoxy groups -OCH3 is 2. The van der Waals surface area contributed by atoms with Crippen LogP contribution in [0.2, 0.25) is 0 Å². The number of piperidine rings is 1. The van der Waals surface area contributed by atoms with Gasteiger partial charge in [-0.05, 0) is 42.5 Å². The Kier molecular flexibility index (Phi) is 7.27. The summed E-state index contributed by atoms with van der Waals surface area (Å²) in [6, 6.07) is 4.14. The van der Waals surface area contributed by atoms with Gasteiger partial charge in [-0.2, -0.15) is 0 Å². The number of carbonyl (C=O) groups is 1. The maximum atomic E-state index is 12.9. The first-order chi connectivity index (χ1) is 13.7. The van der Waals surface area contributed by atoms with Gasteiger partial charge in [-0.1, -0.05) is 0 Å². The van der Waals surface area contributed by atoms with Crippen molar-refractivity contribution in [3.05, 3.63) is 23.3 Å². The van der Waals surface area contributed by atoms with E-state index in [1.165, 1.54) is 11.1 Å². The number of ether oxygens (including phenoxy) is 4. The van der Waals surface area contributed by atoms with Crippen molar-refractivity contribution in [2.75, 3.05) is 60.2 Å². The maximum absolute atomic E-state index is 12.9. The molecule has 29 heavy (non-hydrogen) atoms. The highest BCUT2D eigenvalue weighted by molar-refractivity contribution is 5.85. The summed E-state index contributed by atoms with van der Waals surface area (Å²) < 4.78 is 22.9. The molecule has 3 aliphatic rings. The standard InChI is InChI=1S/C21H30N2O5.ClH/c1-25-18-11-15-3-9-28-21(17(15)12-19(18)26-2)4-7-23(8-5-21)20(24)16-13-22-6-10-27-14-16;/h11-12,16,22H,3-10,13-14H2,1-2H3;1H. The third kappa shape index (κ3) is 4.33. The highest BCUT2D eigenvalue weighted by Crippen LogP contribution is 2.45. The van der Waals surface area contributed by atoms with E-state index in [1.807, 2.05) is 4.90 Å². The van der Waals surface area contributed by atoms with E-state index in [-0.39, 0.29) is 29.8 Å². The van der Waals surface area contributed by atoms with E-state index in [0.29, 0.717) is 39.5 Å². The molecule has 0 aliphatic carbocycles. The number of amides is 1. The van der Waals surface area contributed by atoms with Gasteiger partial charge >= 0.3 is 0 Å². The lowest BCUT2D eigenvalue weighted by Crippen LogP contribution is -2.51. The van der Waals surface area contributed by atoms with Gasteiger partial charge in [0.05, 0.1) is 45.6 Å². The second kappa shape index (κ2) is 9.51.